The zero-order valence-electron chi connectivity index (χ0n) is 34.9. The predicted octanol–water partition coefficient (Wildman–Crippen LogP) is 5.75. The number of rotatable bonds is 20. The number of halogens is 2. The van der Waals surface area contributed by atoms with Gasteiger partial charge in [0, 0.05) is 30.6 Å². The van der Waals surface area contributed by atoms with Crippen LogP contribution in [0.3, 0.4) is 0 Å². The monoisotopic (exact) mass is 840 g/mol. The van der Waals surface area contributed by atoms with Crippen LogP contribution in [0.25, 0.3) is 5.57 Å². The Morgan fingerprint density at radius 1 is 0.931 bits per heavy atom. The number of likely N-dealkylation sites (tertiary alicyclic amines) is 1. The van der Waals surface area contributed by atoms with E-state index in [1.54, 1.807) is 13.8 Å². The number of piperidine rings is 1. The van der Waals surface area contributed by atoms with Gasteiger partial charge in [-0.1, -0.05) is 44.0 Å². The molecule has 4 N–H and O–H groups in total. The van der Waals surface area contributed by atoms with Gasteiger partial charge in [0.1, 0.15) is 12.1 Å². The second-order valence-corrected chi connectivity index (χ2v) is 19.1. The van der Waals surface area contributed by atoms with E-state index in [-0.39, 0.29) is 36.1 Å². The normalized spacial score (nSPS) is 19.4. The van der Waals surface area contributed by atoms with Gasteiger partial charge in [-0.05, 0) is 97.6 Å². The number of amides is 4. The molecule has 324 valence electrons. The summed E-state index contributed by atoms with van der Waals surface area (Å²) in [5.41, 5.74) is -1.26. The minimum absolute atomic E-state index is 0.0105. The molecule has 3 rings (SSSR count). The van der Waals surface area contributed by atoms with E-state index in [1.165, 1.54) is 64.7 Å². The number of hydrogen-bond donors (Lipinski definition) is 3. The summed E-state index contributed by atoms with van der Waals surface area (Å²) >= 11 is 0. The minimum Gasteiger partial charge on any atom is -0.438 e. The number of esters is 2. The van der Waals surface area contributed by atoms with Crippen molar-refractivity contribution in [2.45, 2.75) is 125 Å². The van der Waals surface area contributed by atoms with E-state index in [0.29, 0.717) is 36.9 Å². The highest BCUT2D eigenvalue weighted by Gasteiger charge is 2.58. The average molecular weight is 841 g/mol. The van der Waals surface area contributed by atoms with Crippen molar-refractivity contribution in [1.82, 2.24) is 15.5 Å². The number of nitrogens with one attached hydrogen (secondary N) is 2. The van der Waals surface area contributed by atoms with Crippen molar-refractivity contribution in [3.05, 3.63) is 41.5 Å². The molecule has 0 radical (unpaired) electrons. The molecule has 1 saturated heterocycles. The Balaban J connectivity index is 1.76. The number of unbranched alkanes of at least 4 members (excludes halogenated alkanes) is 1. The number of alkyl halides is 2. The number of benzene rings is 1. The summed E-state index contributed by atoms with van der Waals surface area (Å²) in [4.78, 5) is 77.7. The van der Waals surface area contributed by atoms with Crippen LogP contribution in [0.1, 0.15) is 112 Å². The van der Waals surface area contributed by atoms with Gasteiger partial charge in [0.05, 0.1) is 10.8 Å². The SMILES string of the molecule is CCCCC(NC(=O)C=C(C)c1ccc(C(F)(F)P(=O)(OCOC(=O)C(C)(C)C)OCOC(=O)C(C)(C)C)cc1)C(=O)N1CC2CC2C1C(=O)NC(C)CCC(N)=O. The molecule has 1 saturated carbocycles. The van der Waals surface area contributed by atoms with E-state index < -0.39 is 79.1 Å². The van der Waals surface area contributed by atoms with Crippen LogP contribution in [0.4, 0.5) is 8.78 Å². The first-order valence-corrected chi connectivity index (χ1v) is 21.0. The highest BCUT2D eigenvalue weighted by atomic mass is 31.2. The van der Waals surface area contributed by atoms with Crippen molar-refractivity contribution in [1.29, 1.82) is 0 Å². The van der Waals surface area contributed by atoms with E-state index in [9.17, 15) is 33.3 Å². The van der Waals surface area contributed by atoms with E-state index in [1.807, 2.05) is 6.92 Å². The van der Waals surface area contributed by atoms with Crippen molar-refractivity contribution < 1.29 is 60.6 Å². The molecule has 0 spiro atoms. The maximum absolute atomic E-state index is 16.0. The number of carbonyl (C=O) groups is 6. The van der Waals surface area contributed by atoms with Gasteiger partial charge in [-0.2, -0.15) is 8.78 Å². The third-order valence-corrected chi connectivity index (χ3v) is 11.6. The van der Waals surface area contributed by atoms with Gasteiger partial charge in [-0.15, -0.1) is 0 Å². The van der Waals surface area contributed by atoms with Crippen LogP contribution in [0.5, 0.6) is 0 Å². The van der Waals surface area contributed by atoms with E-state index in [0.717, 1.165) is 25.0 Å². The third-order valence-electron chi connectivity index (χ3n) is 9.80. The molecule has 2 aliphatic rings. The summed E-state index contributed by atoms with van der Waals surface area (Å²) in [6.07, 6.45) is 4.18. The highest BCUT2D eigenvalue weighted by molar-refractivity contribution is 7.54. The van der Waals surface area contributed by atoms with E-state index in [2.05, 4.69) is 10.6 Å². The number of allylic oxidation sites excluding steroid dienone is 1. The second-order valence-electron chi connectivity index (χ2n) is 17.0. The summed E-state index contributed by atoms with van der Waals surface area (Å²) < 4.78 is 65.2. The van der Waals surface area contributed by atoms with Gasteiger partial charge in [-0.25, -0.2) is 0 Å². The largest absolute Gasteiger partial charge is 0.438 e. The van der Waals surface area contributed by atoms with Crippen LogP contribution in [0.2, 0.25) is 0 Å². The Labute approximate surface area is 339 Å². The Hall–Kier alpha value is -4.21. The lowest BCUT2D eigenvalue weighted by molar-refractivity contribution is -0.163. The molecule has 58 heavy (non-hydrogen) atoms. The van der Waals surface area contributed by atoms with E-state index >= 15 is 8.78 Å². The molecule has 1 heterocycles. The number of primary amides is 1. The quantitative estimate of drug-likeness (QED) is 0.0623. The molecule has 2 fully saturated rings. The first-order chi connectivity index (χ1) is 26.8. The summed E-state index contributed by atoms with van der Waals surface area (Å²) in [5.74, 6) is -3.23. The molecule has 0 aromatic heterocycles. The number of ether oxygens (including phenoxy) is 2. The molecule has 4 amide bonds. The Kier molecular flexibility index (Phi) is 16.4. The fourth-order valence-electron chi connectivity index (χ4n) is 6.17. The first-order valence-electron chi connectivity index (χ1n) is 19.4. The van der Waals surface area contributed by atoms with Crippen LogP contribution in [-0.2, 0) is 57.5 Å². The van der Waals surface area contributed by atoms with Gasteiger partial charge in [0.15, 0.2) is 0 Å². The zero-order chi connectivity index (χ0) is 43.8. The standard InChI is InChI=1S/C40H59F2N4O11P/c1-10-11-12-30(35(50)46-21-27-20-29(27)33(46)34(49)44-25(3)13-18-31(43)47)45-32(48)19-24(2)26-14-16-28(17-15-26)40(41,42)58(53,56-22-54-36(51)38(4,5)6)57-23-55-37(52)39(7,8)9/h14-17,19,25,27,29-30,33H,10-13,18,20-23H2,1-9H3,(H2,43,47)(H,44,49)(H,45,48). The third kappa shape index (κ3) is 12.9. The average Bonchev–Trinajstić information content (AvgIpc) is 3.79. The fourth-order valence-corrected chi connectivity index (χ4v) is 7.42. The minimum atomic E-state index is -5.54. The van der Waals surface area contributed by atoms with E-state index in [4.69, 9.17) is 24.3 Å². The molecule has 15 nitrogen and oxygen atoms in total. The van der Waals surface area contributed by atoms with Crippen LogP contribution in [0.15, 0.2) is 30.3 Å². The van der Waals surface area contributed by atoms with Gasteiger partial charge in [-0.3, -0.25) is 42.4 Å². The molecule has 1 aliphatic carbocycles. The maximum Gasteiger partial charge on any atom is 0.410 e. The smallest absolute Gasteiger partial charge is 0.410 e. The lowest BCUT2D eigenvalue weighted by Gasteiger charge is -2.31. The summed E-state index contributed by atoms with van der Waals surface area (Å²) in [7, 11) is -5.54. The van der Waals surface area contributed by atoms with Crippen LogP contribution < -0.4 is 16.4 Å². The van der Waals surface area contributed by atoms with Crippen LogP contribution >= 0.6 is 7.60 Å². The number of carbonyl (C=O) groups excluding carboxylic acids is 6. The van der Waals surface area contributed by atoms with Gasteiger partial charge in [0.25, 0.3) is 0 Å². The first kappa shape index (κ1) is 48.2. The topological polar surface area (TPSA) is 210 Å². The zero-order valence-corrected chi connectivity index (χ0v) is 35.8. The predicted molar refractivity (Wildman–Crippen MR) is 209 cm³/mol. The van der Waals surface area contributed by atoms with Gasteiger partial charge in [0.2, 0.25) is 37.2 Å². The molecule has 1 aliphatic heterocycles. The second kappa shape index (κ2) is 19.7. The van der Waals surface area contributed by atoms with Crippen molar-refractivity contribution in [2.24, 2.45) is 28.4 Å². The number of hydrogen-bond acceptors (Lipinski definition) is 11. The highest BCUT2D eigenvalue weighted by Crippen LogP contribution is 2.67. The number of fused-ring (bicyclic) bond motifs is 1. The molecule has 1 aromatic carbocycles. The van der Waals surface area contributed by atoms with Gasteiger partial charge >= 0.3 is 25.2 Å². The molecule has 1 aromatic rings. The lowest BCUT2D eigenvalue weighted by Crippen LogP contribution is -2.55. The molecular formula is C40H59F2N4O11P. The van der Waals surface area contributed by atoms with Crippen molar-refractivity contribution in [3.63, 3.8) is 0 Å². The van der Waals surface area contributed by atoms with Crippen LogP contribution in [0, 0.1) is 22.7 Å². The molecule has 5 atom stereocenters. The Morgan fingerprint density at radius 2 is 1.48 bits per heavy atom. The lowest BCUT2D eigenvalue weighted by atomic mass is 9.98. The summed E-state index contributed by atoms with van der Waals surface area (Å²) in [6, 6.07) is 2.46. The molecule has 5 unspecified atom stereocenters. The summed E-state index contributed by atoms with van der Waals surface area (Å²) in [5, 5.41) is 5.66. The van der Waals surface area contributed by atoms with Crippen LogP contribution in [-0.4, -0.2) is 78.7 Å². The maximum atomic E-state index is 16.0. The number of nitrogens with zero attached hydrogens (tertiary/aromatic N) is 1. The summed E-state index contributed by atoms with van der Waals surface area (Å²) in [6.45, 7) is 12.5. The Morgan fingerprint density at radius 3 is 1.98 bits per heavy atom. The van der Waals surface area contributed by atoms with Crippen molar-refractivity contribution in [3.8, 4) is 0 Å². The van der Waals surface area contributed by atoms with Gasteiger partial charge < -0.3 is 30.7 Å². The molecule has 18 heteroatoms. The number of nitrogens with two attached hydrogens (primary N) is 1. The van der Waals surface area contributed by atoms with Crippen molar-refractivity contribution in [2.75, 3.05) is 20.1 Å². The fraction of sp³-hybridized carbons (Fsp3) is 0.650. The Bertz CT molecular complexity index is 1720. The molecular weight excluding hydrogens is 781 g/mol. The molecule has 0 bridgehead atoms. The van der Waals surface area contributed by atoms with Crippen molar-refractivity contribution >= 4 is 48.7 Å².